The van der Waals surface area contributed by atoms with E-state index in [-0.39, 0.29) is 17.9 Å². The minimum absolute atomic E-state index is 0.217. The van der Waals surface area contributed by atoms with E-state index in [0.29, 0.717) is 5.69 Å². The maximum atomic E-state index is 13.0. The Morgan fingerprint density at radius 2 is 1.75 bits per heavy atom. The first kappa shape index (κ1) is 15.5. The third-order valence-electron chi connectivity index (χ3n) is 4.51. The van der Waals surface area contributed by atoms with Crippen LogP contribution in [0.5, 0.6) is 0 Å². The molecule has 0 radical (unpaired) electrons. The number of carbonyl (C=O) groups is 2. The van der Waals surface area contributed by atoms with Crippen LogP contribution in [0.15, 0.2) is 59.1 Å². The van der Waals surface area contributed by atoms with Crippen LogP contribution in [0.25, 0.3) is 0 Å². The number of amides is 2. The second-order valence-corrected chi connectivity index (χ2v) is 6.86. The maximum Gasteiger partial charge on any atom is 0.265 e. The van der Waals surface area contributed by atoms with Gasteiger partial charge in [0.25, 0.3) is 5.91 Å². The molecule has 0 aromatic heterocycles. The summed E-state index contributed by atoms with van der Waals surface area (Å²) in [5, 5.41) is 1.62. The molecule has 0 unspecified atom stereocenters. The summed E-state index contributed by atoms with van der Waals surface area (Å²) in [5.41, 5.74) is 1.52. The molecular formula is C18H15BrN2O3. The number of hydrogen-bond donors (Lipinski definition) is 0. The molecular weight excluding hydrogens is 372 g/mol. The van der Waals surface area contributed by atoms with Crippen LogP contribution in [0.4, 0.5) is 5.69 Å². The van der Waals surface area contributed by atoms with Crippen LogP contribution in [-0.4, -0.2) is 30.0 Å². The molecule has 122 valence electrons. The fourth-order valence-corrected chi connectivity index (χ4v) is 3.91. The van der Waals surface area contributed by atoms with E-state index in [1.165, 1.54) is 4.90 Å². The largest absolute Gasteiger partial charge is 0.284 e. The molecule has 0 aliphatic carbocycles. The molecule has 0 N–H and O–H groups in total. The van der Waals surface area contributed by atoms with E-state index >= 15 is 0 Å². The zero-order valence-electron chi connectivity index (χ0n) is 12.9. The van der Waals surface area contributed by atoms with Gasteiger partial charge in [-0.3, -0.25) is 14.4 Å². The van der Waals surface area contributed by atoms with Crippen LogP contribution >= 0.6 is 15.9 Å². The van der Waals surface area contributed by atoms with Gasteiger partial charge in [-0.05, 0) is 29.8 Å². The van der Waals surface area contributed by atoms with Gasteiger partial charge in [-0.15, -0.1) is 0 Å². The summed E-state index contributed by atoms with van der Waals surface area (Å²) in [6.45, 7) is 0. The summed E-state index contributed by atoms with van der Waals surface area (Å²) in [5.74, 6) is -1.07. The molecule has 2 aliphatic heterocycles. The van der Waals surface area contributed by atoms with Crippen molar-refractivity contribution in [2.24, 2.45) is 5.92 Å². The summed E-state index contributed by atoms with van der Waals surface area (Å²) in [6.07, 6.45) is -0.772. The first-order valence-corrected chi connectivity index (χ1v) is 8.45. The van der Waals surface area contributed by atoms with Gasteiger partial charge in [0.1, 0.15) is 0 Å². The summed E-state index contributed by atoms with van der Waals surface area (Å²) in [4.78, 5) is 32.7. The lowest BCUT2D eigenvalue weighted by Crippen LogP contribution is -2.36. The number of anilines is 1. The number of hydroxylamine groups is 2. The van der Waals surface area contributed by atoms with Gasteiger partial charge in [0, 0.05) is 11.5 Å². The predicted octanol–water partition coefficient (Wildman–Crippen LogP) is 2.93. The van der Waals surface area contributed by atoms with Crippen LogP contribution in [0, 0.1) is 5.92 Å². The van der Waals surface area contributed by atoms with Crippen molar-refractivity contribution in [3.63, 3.8) is 0 Å². The van der Waals surface area contributed by atoms with E-state index in [0.717, 1.165) is 10.0 Å². The lowest BCUT2D eigenvalue weighted by molar-refractivity contribution is -0.160. The Morgan fingerprint density at radius 1 is 1.00 bits per heavy atom. The fraction of sp³-hybridized carbons (Fsp3) is 0.222. The normalized spacial score (nSPS) is 26.9. The van der Waals surface area contributed by atoms with Gasteiger partial charge in [0.2, 0.25) is 5.91 Å². The molecule has 2 aromatic rings. The number of benzene rings is 2. The van der Waals surface area contributed by atoms with Crippen molar-refractivity contribution in [3.05, 3.63) is 64.6 Å². The summed E-state index contributed by atoms with van der Waals surface area (Å²) >= 11 is 3.46. The Balaban J connectivity index is 1.74. The number of fused-ring (bicyclic) bond motifs is 1. The molecule has 2 aromatic carbocycles. The summed E-state index contributed by atoms with van der Waals surface area (Å²) in [6, 6.07) is 16.4. The van der Waals surface area contributed by atoms with Crippen molar-refractivity contribution in [1.29, 1.82) is 0 Å². The topological polar surface area (TPSA) is 49.9 Å². The molecule has 4 rings (SSSR count). The highest BCUT2D eigenvalue weighted by molar-refractivity contribution is 9.10. The first-order chi connectivity index (χ1) is 11.6. The molecule has 0 spiro atoms. The van der Waals surface area contributed by atoms with E-state index in [9.17, 15) is 9.59 Å². The van der Waals surface area contributed by atoms with Crippen LogP contribution in [0.3, 0.4) is 0 Å². The number of carbonyl (C=O) groups excluding carboxylic acids is 2. The third kappa shape index (κ3) is 2.30. The average molecular weight is 387 g/mol. The highest BCUT2D eigenvalue weighted by Gasteiger charge is 2.59. The lowest BCUT2D eigenvalue weighted by atomic mass is 9.91. The highest BCUT2D eigenvalue weighted by atomic mass is 79.9. The Bertz CT molecular complexity index is 811. The van der Waals surface area contributed by atoms with Gasteiger partial charge >= 0.3 is 0 Å². The molecule has 2 aliphatic rings. The lowest BCUT2D eigenvalue weighted by Gasteiger charge is -2.24. The molecule has 6 heteroatoms. The number of halogens is 1. The van der Waals surface area contributed by atoms with E-state index in [2.05, 4.69) is 15.9 Å². The van der Waals surface area contributed by atoms with Crippen molar-refractivity contribution >= 4 is 33.4 Å². The Labute approximate surface area is 147 Å². The second kappa shape index (κ2) is 5.81. The predicted molar refractivity (Wildman–Crippen MR) is 91.9 cm³/mol. The van der Waals surface area contributed by atoms with Crippen molar-refractivity contribution in [2.45, 2.75) is 12.1 Å². The SMILES string of the molecule is CN1O[C@H]2C(=O)N(c3ccccc3)C(=O)[C@H]2[C@H]1c1cccc(Br)c1. The molecule has 2 heterocycles. The molecule has 0 saturated carbocycles. The Morgan fingerprint density at radius 3 is 2.46 bits per heavy atom. The van der Waals surface area contributed by atoms with Gasteiger partial charge in [0.15, 0.2) is 6.10 Å². The molecule has 24 heavy (non-hydrogen) atoms. The molecule has 5 nitrogen and oxygen atoms in total. The standard InChI is InChI=1S/C18H15BrN2O3/c1-20-15(11-6-5-7-12(19)10-11)14-16(24-20)18(23)21(17(14)22)13-8-3-2-4-9-13/h2-10,14-16H,1H3/t14-,15+,16+/m0/s1. The van der Waals surface area contributed by atoms with Crippen LogP contribution in [0.2, 0.25) is 0 Å². The van der Waals surface area contributed by atoms with Gasteiger partial charge in [-0.1, -0.05) is 46.3 Å². The smallest absolute Gasteiger partial charge is 0.265 e. The third-order valence-corrected chi connectivity index (χ3v) is 5.01. The molecule has 0 bridgehead atoms. The van der Waals surface area contributed by atoms with Crippen LogP contribution < -0.4 is 4.90 Å². The number of hydrogen-bond acceptors (Lipinski definition) is 4. The average Bonchev–Trinajstić information content (AvgIpc) is 3.03. The molecule has 3 atom stereocenters. The first-order valence-electron chi connectivity index (χ1n) is 7.66. The van der Waals surface area contributed by atoms with E-state index < -0.39 is 12.0 Å². The summed E-state index contributed by atoms with van der Waals surface area (Å²) < 4.78 is 0.925. The maximum absolute atomic E-state index is 13.0. The van der Waals surface area contributed by atoms with Crippen LogP contribution in [0.1, 0.15) is 11.6 Å². The minimum atomic E-state index is -0.772. The molecule has 2 fully saturated rings. The van der Waals surface area contributed by atoms with Crippen molar-refractivity contribution < 1.29 is 14.4 Å². The monoisotopic (exact) mass is 386 g/mol. The van der Waals surface area contributed by atoms with Gasteiger partial charge < -0.3 is 0 Å². The molecule has 2 saturated heterocycles. The molecule has 2 amide bonds. The fourth-order valence-electron chi connectivity index (χ4n) is 3.49. The minimum Gasteiger partial charge on any atom is -0.284 e. The van der Waals surface area contributed by atoms with E-state index in [1.54, 1.807) is 24.2 Å². The number of imide groups is 1. The summed E-state index contributed by atoms with van der Waals surface area (Å²) in [7, 11) is 1.76. The quantitative estimate of drug-likeness (QED) is 0.744. The Hall–Kier alpha value is -2.02. The van der Waals surface area contributed by atoms with Crippen molar-refractivity contribution in [3.8, 4) is 0 Å². The van der Waals surface area contributed by atoms with E-state index in [4.69, 9.17) is 4.84 Å². The number of para-hydroxylation sites is 1. The Kier molecular flexibility index (Phi) is 3.75. The number of nitrogens with zero attached hydrogens (tertiary/aromatic N) is 2. The highest BCUT2D eigenvalue weighted by Crippen LogP contribution is 2.45. The van der Waals surface area contributed by atoms with Crippen molar-refractivity contribution in [2.75, 3.05) is 11.9 Å². The number of rotatable bonds is 2. The van der Waals surface area contributed by atoms with E-state index in [1.807, 2.05) is 42.5 Å². The zero-order chi connectivity index (χ0) is 16.8. The van der Waals surface area contributed by atoms with Gasteiger partial charge in [-0.2, -0.15) is 5.06 Å². The zero-order valence-corrected chi connectivity index (χ0v) is 14.5. The van der Waals surface area contributed by atoms with Gasteiger partial charge in [0.05, 0.1) is 17.6 Å². The van der Waals surface area contributed by atoms with Crippen LogP contribution in [-0.2, 0) is 14.4 Å². The van der Waals surface area contributed by atoms with Crippen molar-refractivity contribution in [1.82, 2.24) is 5.06 Å². The second-order valence-electron chi connectivity index (χ2n) is 5.95. The van der Waals surface area contributed by atoms with Gasteiger partial charge in [-0.25, -0.2) is 4.90 Å².